The summed E-state index contributed by atoms with van der Waals surface area (Å²) in [5, 5.41) is 12.7. The molecule has 0 N–H and O–H groups in total. The Kier molecular flexibility index (Phi) is 6.22. The number of fused-ring (bicyclic) bond motifs is 4. The first-order chi connectivity index (χ1) is 16.1. The third-order valence-electron chi connectivity index (χ3n) is 5.94. The molecule has 33 heavy (non-hydrogen) atoms. The average Bonchev–Trinajstić information content (AvgIpc) is 3.00. The molecule has 0 atom stereocenters. The third kappa shape index (κ3) is 4.18. The summed E-state index contributed by atoms with van der Waals surface area (Å²) in [7, 11) is 0. The van der Waals surface area contributed by atoms with E-state index in [4.69, 9.17) is 14.5 Å². The summed E-state index contributed by atoms with van der Waals surface area (Å²) in [6.07, 6.45) is 7.04. The standard InChI is InChI=1S/C23H23N3O5S2/c1-2-8-25-22(27)19-17-6-4-3-5-7-18(17)33-21(19)24-23(25)32-12-15-10-16(26(28)29)9-14-11-30-13-31-20(14)15/h2,9-10H,1,3-8,11-13H2. The maximum absolute atomic E-state index is 13.5. The second kappa shape index (κ2) is 9.28. The minimum Gasteiger partial charge on any atom is -0.467 e. The lowest BCUT2D eigenvalue weighted by atomic mass is 10.1. The molecular formula is C23H23N3O5S2. The smallest absolute Gasteiger partial charge is 0.270 e. The highest BCUT2D eigenvalue weighted by atomic mass is 32.2. The number of hydrogen-bond acceptors (Lipinski definition) is 8. The van der Waals surface area contributed by atoms with Crippen LogP contribution in [0.4, 0.5) is 5.69 Å². The number of nitrogens with zero attached hydrogens (tertiary/aromatic N) is 3. The van der Waals surface area contributed by atoms with Crippen molar-refractivity contribution in [1.29, 1.82) is 0 Å². The highest BCUT2D eigenvalue weighted by Gasteiger charge is 2.24. The number of allylic oxidation sites excluding steroid dienone is 1. The molecule has 172 valence electrons. The van der Waals surface area contributed by atoms with Gasteiger partial charge in [-0.15, -0.1) is 17.9 Å². The van der Waals surface area contributed by atoms with Crippen LogP contribution in [0.25, 0.3) is 10.2 Å². The quantitative estimate of drug-likeness (QED) is 0.121. The van der Waals surface area contributed by atoms with Crippen molar-refractivity contribution < 1.29 is 14.4 Å². The molecule has 0 saturated carbocycles. The fraction of sp³-hybridized carbons (Fsp3) is 0.391. The maximum atomic E-state index is 13.5. The van der Waals surface area contributed by atoms with Crippen LogP contribution in [0.5, 0.6) is 5.75 Å². The highest BCUT2D eigenvalue weighted by Crippen LogP contribution is 2.37. The van der Waals surface area contributed by atoms with Gasteiger partial charge in [-0.1, -0.05) is 24.3 Å². The van der Waals surface area contributed by atoms with E-state index >= 15 is 0 Å². The van der Waals surface area contributed by atoms with Crippen molar-refractivity contribution in [2.24, 2.45) is 0 Å². The number of nitro benzene ring substituents is 1. The summed E-state index contributed by atoms with van der Waals surface area (Å²) in [5.41, 5.74) is 2.47. The van der Waals surface area contributed by atoms with Crippen LogP contribution < -0.4 is 10.3 Å². The SMILES string of the molecule is C=CCn1c(SCc2cc([N+](=O)[O-])cc3c2OCOC3)nc2sc3c(c2c1=O)CCCCC3. The van der Waals surface area contributed by atoms with Crippen molar-refractivity contribution >= 4 is 39.0 Å². The first-order valence-electron chi connectivity index (χ1n) is 10.9. The van der Waals surface area contributed by atoms with Gasteiger partial charge in [-0.2, -0.15) is 0 Å². The van der Waals surface area contributed by atoms with Gasteiger partial charge in [-0.25, -0.2) is 4.98 Å². The van der Waals surface area contributed by atoms with E-state index in [0.717, 1.165) is 35.9 Å². The van der Waals surface area contributed by atoms with Gasteiger partial charge in [-0.05, 0) is 31.2 Å². The van der Waals surface area contributed by atoms with Crippen LogP contribution in [0.15, 0.2) is 34.7 Å². The topological polar surface area (TPSA) is 96.5 Å². The summed E-state index contributed by atoms with van der Waals surface area (Å²) in [5.74, 6) is 0.991. The Labute approximate surface area is 198 Å². The van der Waals surface area contributed by atoms with Crippen LogP contribution in [0, 0.1) is 10.1 Å². The molecule has 8 nitrogen and oxygen atoms in total. The van der Waals surface area contributed by atoms with E-state index in [2.05, 4.69) is 6.58 Å². The third-order valence-corrected chi connectivity index (χ3v) is 8.15. The van der Waals surface area contributed by atoms with Crippen molar-refractivity contribution in [3.8, 4) is 5.75 Å². The first kappa shape index (κ1) is 22.1. The van der Waals surface area contributed by atoms with E-state index < -0.39 is 4.92 Å². The van der Waals surface area contributed by atoms with Gasteiger partial charge in [0.2, 0.25) is 0 Å². The van der Waals surface area contributed by atoms with Gasteiger partial charge in [0.05, 0.1) is 16.9 Å². The summed E-state index contributed by atoms with van der Waals surface area (Å²) >= 11 is 3.00. The molecule has 2 aliphatic rings. The zero-order valence-electron chi connectivity index (χ0n) is 18.0. The van der Waals surface area contributed by atoms with Gasteiger partial charge in [0.25, 0.3) is 11.2 Å². The molecule has 0 spiro atoms. The van der Waals surface area contributed by atoms with Crippen LogP contribution >= 0.6 is 23.1 Å². The molecule has 3 aromatic rings. The predicted octanol–water partition coefficient (Wildman–Crippen LogP) is 4.98. The van der Waals surface area contributed by atoms with Gasteiger partial charge in [0.1, 0.15) is 10.6 Å². The summed E-state index contributed by atoms with van der Waals surface area (Å²) < 4.78 is 12.6. The maximum Gasteiger partial charge on any atom is 0.270 e. The van der Waals surface area contributed by atoms with E-state index in [-0.39, 0.29) is 24.6 Å². The van der Waals surface area contributed by atoms with Crippen LogP contribution in [-0.2, 0) is 36.5 Å². The minimum atomic E-state index is -0.417. The molecular weight excluding hydrogens is 462 g/mol. The van der Waals surface area contributed by atoms with Crippen molar-refractivity contribution in [2.45, 2.75) is 56.2 Å². The second-order valence-electron chi connectivity index (χ2n) is 8.09. The molecule has 0 bridgehead atoms. The van der Waals surface area contributed by atoms with Gasteiger partial charge in [0, 0.05) is 40.4 Å². The van der Waals surface area contributed by atoms with Crippen molar-refractivity contribution in [1.82, 2.24) is 9.55 Å². The lowest BCUT2D eigenvalue weighted by Crippen LogP contribution is -2.23. The zero-order chi connectivity index (χ0) is 22.9. The number of rotatable bonds is 6. The molecule has 3 heterocycles. The van der Waals surface area contributed by atoms with Gasteiger partial charge in [-0.3, -0.25) is 19.5 Å². The predicted molar refractivity (Wildman–Crippen MR) is 128 cm³/mol. The molecule has 0 fully saturated rings. The molecule has 0 radical (unpaired) electrons. The fourth-order valence-electron chi connectivity index (χ4n) is 4.43. The van der Waals surface area contributed by atoms with Crippen molar-refractivity contribution in [3.63, 3.8) is 0 Å². The Hall–Kier alpha value is -2.69. The van der Waals surface area contributed by atoms with Crippen molar-refractivity contribution in [3.05, 3.63) is 66.8 Å². The highest BCUT2D eigenvalue weighted by molar-refractivity contribution is 7.98. The van der Waals surface area contributed by atoms with E-state index in [1.807, 2.05) is 0 Å². The lowest BCUT2D eigenvalue weighted by molar-refractivity contribution is -0.385. The van der Waals surface area contributed by atoms with Gasteiger partial charge >= 0.3 is 0 Å². The van der Waals surface area contributed by atoms with Crippen LogP contribution in [0.1, 0.15) is 40.8 Å². The Morgan fingerprint density at radius 2 is 2.15 bits per heavy atom. The van der Waals surface area contributed by atoms with Crippen LogP contribution in [0.2, 0.25) is 0 Å². The second-order valence-corrected chi connectivity index (χ2v) is 10.1. The average molecular weight is 486 g/mol. The summed E-state index contributed by atoms with van der Waals surface area (Å²) in [6.45, 7) is 4.54. The summed E-state index contributed by atoms with van der Waals surface area (Å²) in [4.78, 5) is 31.4. The van der Waals surface area contributed by atoms with E-state index in [1.54, 1.807) is 22.0 Å². The Morgan fingerprint density at radius 3 is 2.97 bits per heavy atom. The monoisotopic (exact) mass is 485 g/mol. The molecule has 5 rings (SSSR count). The number of aromatic nitrogens is 2. The fourth-order valence-corrected chi connectivity index (χ4v) is 6.71. The molecule has 0 amide bonds. The van der Waals surface area contributed by atoms with E-state index in [1.165, 1.54) is 40.8 Å². The van der Waals surface area contributed by atoms with E-state index in [0.29, 0.717) is 34.3 Å². The molecule has 1 aliphatic carbocycles. The number of aryl methyl sites for hydroxylation is 2. The number of non-ortho nitro benzene ring substituents is 1. The number of nitro groups is 1. The lowest BCUT2D eigenvalue weighted by Gasteiger charge is -2.20. The van der Waals surface area contributed by atoms with Gasteiger partial charge in [0.15, 0.2) is 11.9 Å². The molecule has 10 heteroatoms. The summed E-state index contributed by atoms with van der Waals surface area (Å²) in [6, 6.07) is 3.01. The van der Waals surface area contributed by atoms with Crippen LogP contribution in [-0.4, -0.2) is 21.3 Å². The minimum absolute atomic E-state index is 0.00709. The van der Waals surface area contributed by atoms with Gasteiger partial charge < -0.3 is 9.47 Å². The Morgan fingerprint density at radius 1 is 1.30 bits per heavy atom. The number of thioether (sulfide) groups is 1. The number of benzene rings is 1. The Balaban J connectivity index is 1.55. The number of thiophene rings is 1. The zero-order valence-corrected chi connectivity index (χ0v) is 19.6. The largest absolute Gasteiger partial charge is 0.467 e. The van der Waals surface area contributed by atoms with Crippen molar-refractivity contribution in [2.75, 3.05) is 6.79 Å². The number of hydrogen-bond donors (Lipinski definition) is 0. The number of ether oxygens (including phenoxy) is 2. The molecule has 0 saturated heterocycles. The first-order valence-corrected chi connectivity index (χ1v) is 12.7. The molecule has 0 unspecified atom stereocenters. The Bertz CT molecular complexity index is 1310. The molecule has 2 aromatic heterocycles. The van der Waals surface area contributed by atoms with E-state index in [9.17, 15) is 14.9 Å². The van der Waals surface area contributed by atoms with Crippen LogP contribution in [0.3, 0.4) is 0 Å². The normalized spacial score (nSPS) is 15.4. The molecule has 1 aromatic carbocycles. The molecule has 1 aliphatic heterocycles.